The molecule has 0 unspecified atom stereocenters. The topological polar surface area (TPSA) is 69.6 Å². The van der Waals surface area contributed by atoms with Crippen molar-refractivity contribution in [2.45, 2.75) is 32.2 Å². The van der Waals surface area contributed by atoms with Crippen LogP contribution in [0, 0.1) is 6.92 Å². The van der Waals surface area contributed by atoms with E-state index in [1.165, 1.54) is 0 Å². The Balaban J connectivity index is 2.66. The zero-order chi connectivity index (χ0) is 13.6. The molecule has 0 saturated heterocycles. The molecule has 1 aromatic rings. The zero-order valence-corrected chi connectivity index (χ0v) is 10.9. The predicted octanol–water partition coefficient (Wildman–Crippen LogP) is 0.787. The van der Waals surface area contributed by atoms with Gasteiger partial charge in [0.05, 0.1) is 25.2 Å². The molecule has 0 radical (unpaired) electrons. The highest BCUT2D eigenvalue weighted by molar-refractivity contribution is 5.79. The molecule has 4 nitrogen and oxygen atoms in total. The smallest absolute Gasteiger partial charge is 0.225 e. The summed E-state index contributed by atoms with van der Waals surface area (Å²) in [5.41, 5.74) is 1.11. The number of carbonyl (C=O) groups is 1. The lowest BCUT2D eigenvalue weighted by Gasteiger charge is -2.29. The lowest BCUT2D eigenvalue weighted by Crippen LogP contribution is -2.54. The van der Waals surface area contributed by atoms with Crippen molar-refractivity contribution < 1.29 is 15.0 Å². The summed E-state index contributed by atoms with van der Waals surface area (Å²) in [7, 11) is 0. The fraction of sp³-hybridized carbons (Fsp3) is 0.500. The van der Waals surface area contributed by atoms with Crippen LogP contribution in [0.2, 0.25) is 0 Å². The predicted molar refractivity (Wildman–Crippen MR) is 70.2 cm³/mol. The van der Waals surface area contributed by atoms with Crippen molar-refractivity contribution in [3.63, 3.8) is 0 Å². The molecule has 0 heterocycles. The molecule has 1 amide bonds. The molecule has 100 valence electrons. The first kappa shape index (κ1) is 14.7. The van der Waals surface area contributed by atoms with E-state index in [1.807, 2.05) is 38.1 Å². The van der Waals surface area contributed by atoms with Crippen molar-refractivity contribution >= 4 is 5.91 Å². The van der Waals surface area contributed by atoms with Gasteiger partial charge in [-0.25, -0.2) is 0 Å². The zero-order valence-electron chi connectivity index (χ0n) is 10.9. The quantitative estimate of drug-likeness (QED) is 0.700. The normalized spacial score (nSPS) is 11.3. The lowest BCUT2D eigenvalue weighted by atomic mass is 9.97. The van der Waals surface area contributed by atoms with E-state index in [2.05, 4.69) is 5.32 Å². The van der Waals surface area contributed by atoms with Crippen molar-refractivity contribution in [1.82, 2.24) is 5.32 Å². The molecule has 0 saturated carbocycles. The molecule has 0 spiro atoms. The molecule has 0 atom stereocenters. The minimum absolute atomic E-state index is 0.189. The Labute approximate surface area is 108 Å². The van der Waals surface area contributed by atoms with Gasteiger partial charge in [-0.15, -0.1) is 0 Å². The van der Waals surface area contributed by atoms with Crippen LogP contribution < -0.4 is 5.32 Å². The van der Waals surface area contributed by atoms with Gasteiger partial charge in [0, 0.05) is 0 Å². The third kappa shape index (κ3) is 3.82. The molecule has 4 heteroatoms. The van der Waals surface area contributed by atoms with E-state index in [1.54, 1.807) is 0 Å². The summed E-state index contributed by atoms with van der Waals surface area (Å²) >= 11 is 0. The molecule has 0 bridgehead atoms. The molecule has 0 aliphatic carbocycles. The summed E-state index contributed by atoms with van der Waals surface area (Å²) in [5, 5.41) is 21.2. The Hall–Kier alpha value is -1.39. The van der Waals surface area contributed by atoms with Crippen molar-refractivity contribution in [2.75, 3.05) is 13.2 Å². The van der Waals surface area contributed by atoms with E-state index in [0.717, 1.165) is 11.1 Å². The van der Waals surface area contributed by atoms with Gasteiger partial charge in [-0.05, 0) is 18.9 Å². The molecule has 0 fully saturated rings. The first-order chi connectivity index (χ1) is 8.55. The molecular formula is C14H21NO3. The maximum absolute atomic E-state index is 11.9. The highest BCUT2D eigenvalue weighted by Gasteiger charge is 2.28. The SMILES string of the molecule is CCC(CO)(CO)NC(=O)Cc1cccc(C)c1. The Morgan fingerprint density at radius 1 is 1.33 bits per heavy atom. The van der Waals surface area contributed by atoms with E-state index in [9.17, 15) is 15.0 Å². The number of hydrogen-bond acceptors (Lipinski definition) is 3. The molecule has 1 aromatic carbocycles. The van der Waals surface area contributed by atoms with Gasteiger partial charge in [0.15, 0.2) is 0 Å². The second kappa shape index (κ2) is 6.52. The summed E-state index contributed by atoms with van der Waals surface area (Å²) in [6, 6.07) is 7.71. The van der Waals surface area contributed by atoms with Crippen LogP contribution in [0.1, 0.15) is 24.5 Å². The van der Waals surface area contributed by atoms with E-state index in [4.69, 9.17) is 0 Å². The second-order valence-corrected chi connectivity index (χ2v) is 4.66. The van der Waals surface area contributed by atoms with Crippen LogP contribution in [-0.4, -0.2) is 34.9 Å². The fourth-order valence-corrected chi connectivity index (χ4v) is 1.79. The largest absolute Gasteiger partial charge is 0.394 e. The van der Waals surface area contributed by atoms with Gasteiger partial charge in [0.2, 0.25) is 5.91 Å². The van der Waals surface area contributed by atoms with Crippen molar-refractivity contribution in [2.24, 2.45) is 0 Å². The highest BCUT2D eigenvalue weighted by Crippen LogP contribution is 2.10. The van der Waals surface area contributed by atoms with Crippen LogP contribution in [0.5, 0.6) is 0 Å². The van der Waals surface area contributed by atoms with Crippen LogP contribution in [0.3, 0.4) is 0 Å². The Kier molecular flexibility index (Phi) is 5.31. The Morgan fingerprint density at radius 3 is 2.50 bits per heavy atom. The van der Waals surface area contributed by atoms with Crippen molar-refractivity contribution in [3.05, 3.63) is 35.4 Å². The lowest BCUT2D eigenvalue weighted by molar-refractivity contribution is -0.123. The van der Waals surface area contributed by atoms with E-state index < -0.39 is 5.54 Å². The number of nitrogens with one attached hydrogen (secondary N) is 1. The maximum atomic E-state index is 11.9. The van der Waals surface area contributed by atoms with E-state index in [0.29, 0.717) is 6.42 Å². The summed E-state index contributed by atoms with van der Waals surface area (Å²) in [6.45, 7) is 3.26. The number of aliphatic hydroxyl groups excluding tert-OH is 2. The first-order valence-corrected chi connectivity index (χ1v) is 6.13. The number of hydrogen-bond donors (Lipinski definition) is 3. The fourth-order valence-electron chi connectivity index (χ4n) is 1.79. The van der Waals surface area contributed by atoms with Gasteiger partial charge in [0.1, 0.15) is 0 Å². The Bertz CT molecular complexity index is 392. The maximum Gasteiger partial charge on any atom is 0.225 e. The molecular weight excluding hydrogens is 230 g/mol. The van der Waals surface area contributed by atoms with Gasteiger partial charge >= 0.3 is 0 Å². The second-order valence-electron chi connectivity index (χ2n) is 4.66. The van der Waals surface area contributed by atoms with Crippen molar-refractivity contribution in [3.8, 4) is 0 Å². The molecule has 0 aliphatic heterocycles. The number of amides is 1. The van der Waals surface area contributed by atoms with Gasteiger partial charge < -0.3 is 15.5 Å². The minimum atomic E-state index is -0.916. The van der Waals surface area contributed by atoms with E-state index in [-0.39, 0.29) is 25.5 Å². The number of benzene rings is 1. The van der Waals surface area contributed by atoms with Crippen LogP contribution in [-0.2, 0) is 11.2 Å². The summed E-state index contributed by atoms with van der Waals surface area (Å²) in [6.07, 6.45) is 0.739. The summed E-state index contributed by atoms with van der Waals surface area (Å²) in [5.74, 6) is -0.189. The average molecular weight is 251 g/mol. The number of aliphatic hydroxyl groups is 2. The number of rotatable bonds is 6. The molecule has 18 heavy (non-hydrogen) atoms. The van der Waals surface area contributed by atoms with Gasteiger partial charge in [-0.3, -0.25) is 4.79 Å². The van der Waals surface area contributed by atoms with Crippen molar-refractivity contribution in [1.29, 1.82) is 0 Å². The van der Waals surface area contributed by atoms with Gasteiger partial charge in [-0.2, -0.15) is 0 Å². The average Bonchev–Trinajstić information content (AvgIpc) is 2.36. The third-order valence-corrected chi connectivity index (χ3v) is 3.13. The minimum Gasteiger partial charge on any atom is -0.394 e. The standard InChI is InChI=1S/C14H21NO3/c1-3-14(9-16,10-17)15-13(18)8-12-6-4-5-11(2)7-12/h4-7,16-17H,3,8-10H2,1-2H3,(H,15,18). The summed E-state index contributed by atoms with van der Waals surface area (Å²) in [4.78, 5) is 11.9. The molecule has 0 aliphatic rings. The van der Waals surface area contributed by atoms with Crippen LogP contribution in [0.25, 0.3) is 0 Å². The van der Waals surface area contributed by atoms with E-state index >= 15 is 0 Å². The summed E-state index contributed by atoms with van der Waals surface area (Å²) < 4.78 is 0. The number of aryl methyl sites for hydroxylation is 1. The molecule has 1 rings (SSSR count). The van der Waals surface area contributed by atoms with Crippen LogP contribution >= 0.6 is 0 Å². The van der Waals surface area contributed by atoms with Gasteiger partial charge in [0.25, 0.3) is 0 Å². The molecule has 0 aromatic heterocycles. The van der Waals surface area contributed by atoms with Crippen LogP contribution in [0.4, 0.5) is 0 Å². The number of carbonyl (C=O) groups excluding carboxylic acids is 1. The van der Waals surface area contributed by atoms with Crippen LogP contribution in [0.15, 0.2) is 24.3 Å². The molecule has 3 N–H and O–H groups in total. The third-order valence-electron chi connectivity index (χ3n) is 3.13. The Morgan fingerprint density at radius 2 is 2.00 bits per heavy atom. The van der Waals surface area contributed by atoms with Gasteiger partial charge in [-0.1, -0.05) is 36.8 Å². The monoisotopic (exact) mass is 251 g/mol. The highest BCUT2D eigenvalue weighted by atomic mass is 16.3. The first-order valence-electron chi connectivity index (χ1n) is 6.13.